The number of amides is 2. The van der Waals surface area contributed by atoms with E-state index in [4.69, 9.17) is 4.74 Å². The van der Waals surface area contributed by atoms with Crippen molar-refractivity contribution >= 4 is 40.9 Å². The lowest BCUT2D eigenvalue weighted by molar-refractivity contribution is -0.156. The molecule has 1 fully saturated rings. The molecule has 2 heterocycles. The number of nitrogens with zero attached hydrogens (tertiary/aromatic N) is 2. The van der Waals surface area contributed by atoms with Crippen LogP contribution in [-0.2, 0) is 25.5 Å². The molecule has 2 aromatic carbocycles. The Morgan fingerprint density at radius 2 is 1.61 bits per heavy atom. The van der Waals surface area contributed by atoms with E-state index in [9.17, 15) is 14.4 Å². The molecule has 0 saturated heterocycles. The quantitative estimate of drug-likeness (QED) is 0.639. The molecule has 2 aliphatic heterocycles. The van der Waals surface area contributed by atoms with Gasteiger partial charge in [-0.3, -0.25) is 14.4 Å². The Bertz CT molecular complexity index is 1070. The van der Waals surface area contributed by atoms with Crippen LogP contribution in [-0.4, -0.2) is 43.2 Å². The third-order valence-electron chi connectivity index (χ3n) is 6.91. The number of carbonyl (C=O) groups is 3. The van der Waals surface area contributed by atoms with E-state index >= 15 is 0 Å². The van der Waals surface area contributed by atoms with Gasteiger partial charge in [0.1, 0.15) is 0 Å². The molecular weight excluding hydrogens is 436 g/mol. The monoisotopic (exact) mass is 464 g/mol. The van der Waals surface area contributed by atoms with Gasteiger partial charge in [0.25, 0.3) is 5.91 Å². The number of anilines is 2. The summed E-state index contributed by atoms with van der Waals surface area (Å²) in [5.41, 5.74) is 3.00. The predicted octanol–water partition coefficient (Wildman–Crippen LogP) is 4.06. The van der Waals surface area contributed by atoms with Gasteiger partial charge in [0.15, 0.2) is 6.61 Å². The lowest BCUT2D eigenvalue weighted by atomic mass is 9.78. The third-order valence-corrected chi connectivity index (χ3v) is 7.95. The number of fused-ring (bicyclic) bond motifs is 2. The number of rotatable bonds is 4. The van der Waals surface area contributed by atoms with Crippen molar-refractivity contribution in [2.24, 2.45) is 11.8 Å². The smallest absolute Gasteiger partial charge is 0.310 e. The molecule has 33 heavy (non-hydrogen) atoms. The van der Waals surface area contributed by atoms with E-state index < -0.39 is 11.9 Å². The second-order valence-electron chi connectivity index (χ2n) is 8.84. The van der Waals surface area contributed by atoms with Gasteiger partial charge >= 0.3 is 5.97 Å². The number of ether oxygens (including phenoxy) is 1. The van der Waals surface area contributed by atoms with Crippen LogP contribution in [0.1, 0.15) is 31.2 Å². The van der Waals surface area contributed by atoms with E-state index in [1.165, 1.54) is 5.56 Å². The minimum atomic E-state index is -0.490. The Morgan fingerprint density at radius 1 is 0.879 bits per heavy atom. The Hall–Kier alpha value is -2.80. The highest BCUT2D eigenvalue weighted by Gasteiger charge is 2.40. The number of thioether (sulfide) groups is 1. The van der Waals surface area contributed by atoms with E-state index in [1.807, 2.05) is 47.4 Å². The van der Waals surface area contributed by atoms with Crippen LogP contribution in [0.5, 0.6) is 0 Å². The summed E-state index contributed by atoms with van der Waals surface area (Å²) >= 11 is 1.72. The minimum absolute atomic E-state index is 0.00918. The summed E-state index contributed by atoms with van der Waals surface area (Å²) in [5.74, 6) is -0.699. The van der Waals surface area contributed by atoms with Crippen molar-refractivity contribution in [3.05, 3.63) is 54.1 Å². The molecule has 2 atom stereocenters. The van der Waals surface area contributed by atoms with Crippen LogP contribution in [0.4, 0.5) is 11.4 Å². The Morgan fingerprint density at radius 3 is 2.45 bits per heavy atom. The van der Waals surface area contributed by atoms with Gasteiger partial charge in [-0.2, -0.15) is 0 Å². The summed E-state index contributed by atoms with van der Waals surface area (Å²) < 4.78 is 5.52. The standard InChI is InChI=1S/C26H28N2O4S/c29-24(27-15-16-33-23-12-6-5-11-22(23)27)17-32-26(31)20-9-3-2-8-19(20)25(30)28-14-13-18-7-1-4-10-21(18)28/h1,4-7,10-12,19-20H,2-3,8-9,13-17H2. The van der Waals surface area contributed by atoms with Crippen molar-refractivity contribution in [3.8, 4) is 0 Å². The Kier molecular flexibility index (Phi) is 6.40. The predicted molar refractivity (Wildman–Crippen MR) is 128 cm³/mol. The highest BCUT2D eigenvalue weighted by Crippen LogP contribution is 2.37. The number of para-hydroxylation sites is 2. The highest BCUT2D eigenvalue weighted by molar-refractivity contribution is 7.99. The van der Waals surface area contributed by atoms with E-state index in [0.29, 0.717) is 25.9 Å². The largest absolute Gasteiger partial charge is 0.455 e. The summed E-state index contributed by atoms with van der Waals surface area (Å²) in [6.45, 7) is 0.958. The van der Waals surface area contributed by atoms with Crippen LogP contribution in [0.3, 0.4) is 0 Å². The maximum atomic E-state index is 13.4. The van der Waals surface area contributed by atoms with E-state index in [0.717, 1.165) is 41.3 Å². The van der Waals surface area contributed by atoms with Gasteiger partial charge in [-0.15, -0.1) is 11.8 Å². The summed E-state index contributed by atoms with van der Waals surface area (Å²) in [5, 5.41) is 0. The fourth-order valence-electron chi connectivity index (χ4n) is 5.22. The first kappa shape index (κ1) is 22.0. The Labute approximate surface area is 198 Å². The highest BCUT2D eigenvalue weighted by atomic mass is 32.2. The molecule has 0 radical (unpaired) electrons. The zero-order chi connectivity index (χ0) is 22.8. The first-order valence-electron chi connectivity index (χ1n) is 11.7. The third kappa shape index (κ3) is 4.38. The lowest BCUT2D eigenvalue weighted by Gasteiger charge is -2.32. The summed E-state index contributed by atoms with van der Waals surface area (Å²) in [6, 6.07) is 15.8. The fourth-order valence-corrected chi connectivity index (χ4v) is 6.22. The molecule has 3 aliphatic rings. The zero-order valence-corrected chi connectivity index (χ0v) is 19.4. The van der Waals surface area contributed by atoms with Gasteiger partial charge in [0, 0.05) is 29.4 Å². The van der Waals surface area contributed by atoms with Gasteiger partial charge in [0.2, 0.25) is 5.91 Å². The van der Waals surface area contributed by atoms with Gasteiger partial charge in [-0.1, -0.05) is 43.2 Å². The molecule has 1 aliphatic carbocycles. The van der Waals surface area contributed by atoms with Crippen LogP contribution in [0.2, 0.25) is 0 Å². The van der Waals surface area contributed by atoms with Crippen LogP contribution in [0.25, 0.3) is 0 Å². The summed E-state index contributed by atoms with van der Waals surface area (Å²) in [7, 11) is 0. The van der Waals surface area contributed by atoms with E-state index in [1.54, 1.807) is 16.7 Å². The summed E-state index contributed by atoms with van der Waals surface area (Å²) in [4.78, 5) is 43.9. The average molecular weight is 465 g/mol. The molecule has 6 nitrogen and oxygen atoms in total. The van der Waals surface area contributed by atoms with Gasteiger partial charge in [-0.25, -0.2) is 0 Å². The second kappa shape index (κ2) is 9.59. The van der Waals surface area contributed by atoms with Crippen molar-refractivity contribution in [1.29, 1.82) is 0 Å². The molecule has 0 N–H and O–H groups in total. The average Bonchev–Trinajstić information content (AvgIpc) is 3.30. The zero-order valence-electron chi connectivity index (χ0n) is 18.6. The first-order chi connectivity index (χ1) is 16.1. The minimum Gasteiger partial charge on any atom is -0.455 e. The van der Waals surface area contributed by atoms with Crippen molar-refractivity contribution in [3.63, 3.8) is 0 Å². The van der Waals surface area contributed by atoms with Crippen LogP contribution < -0.4 is 9.80 Å². The lowest BCUT2D eigenvalue weighted by Crippen LogP contribution is -2.43. The molecule has 0 spiro atoms. The van der Waals surface area contributed by atoms with Gasteiger partial charge < -0.3 is 14.5 Å². The molecule has 2 aromatic rings. The number of carbonyl (C=O) groups excluding carboxylic acids is 3. The first-order valence-corrected chi connectivity index (χ1v) is 12.7. The molecule has 7 heteroatoms. The van der Waals surface area contributed by atoms with Gasteiger partial charge in [-0.05, 0) is 43.0 Å². The Balaban J connectivity index is 1.24. The molecular formula is C26H28N2O4S. The molecule has 1 saturated carbocycles. The molecule has 0 bridgehead atoms. The number of hydrogen-bond acceptors (Lipinski definition) is 5. The number of benzene rings is 2. The second-order valence-corrected chi connectivity index (χ2v) is 9.97. The maximum Gasteiger partial charge on any atom is 0.310 e. The molecule has 2 unspecified atom stereocenters. The molecule has 2 amide bonds. The van der Waals surface area contributed by atoms with Crippen LogP contribution in [0.15, 0.2) is 53.4 Å². The van der Waals surface area contributed by atoms with Crippen molar-refractivity contribution < 1.29 is 19.1 Å². The van der Waals surface area contributed by atoms with Crippen LogP contribution in [0, 0.1) is 11.8 Å². The topological polar surface area (TPSA) is 66.9 Å². The van der Waals surface area contributed by atoms with E-state index in [2.05, 4.69) is 6.07 Å². The molecule has 172 valence electrons. The summed E-state index contributed by atoms with van der Waals surface area (Å²) in [6.07, 6.45) is 3.97. The van der Waals surface area contributed by atoms with Crippen molar-refractivity contribution in [1.82, 2.24) is 0 Å². The maximum absolute atomic E-state index is 13.4. The van der Waals surface area contributed by atoms with Gasteiger partial charge in [0.05, 0.1) is 17.5 Å². The number of hydrogen-bond donors (Lipinski definition) is 0. The SMILES string of the molecule is O=C(OCC(=O)N1CCSc2ccccc21)C1CCCCC1C(=O)N1CCc2ccccc21. The normalized spacial score (nSPS) is 21.8. The number of esters is 1. The fraction of sp³-hybridized carbons (Fsp3) is 0.423. The van der Waals surface area contributed by atoms with Crippen molar-refractivity contribution in [2.75, 3.05) is 35.2 Å². The molecule has 0 aromatic heterocycles. The van der Waals surface area contributed by atoms with Crippen LogP contribution >= 0.6 is 11.8 Å². The molecule has 5 rings (SSSR count). The van der Waals surface area contributed by atoms with E-state index in [-0.39, 0.29) is 24.3 Å². The van der Waals surface area contributed by atoms with Crippen molar-refractivity contribution in [2.45, 2.75) is 37.0 Å².